The first kappa shape index (κ1) is 30.8. The number of unbranched alkanes of at least 4 members (excludes halogenated alkanes) is 15. The van der Waals surface area contributed by atoms with Crippen LogP contribution in [0.25, 0.3) is 0 Å². The monoisotopic (exact) mass is 444 g/mol. The van der Waals surface area contributed by atoms with Crippen LogP contribution in [-0.2, 0) is 0 Å². The quantitative estimate of drug-likeness (QED) is 0.143. The minimum atomic E-state index is 0.117. The van der Waals surface area contributed by atoms with E-state index in [0.29, 0.717) is 25.7 Å². The Morgan fingerprint density at radius 1 is 0.581 bits per heavy atom. The second kappa shape index (κ2) is 26.1. The highest BCUT2D eigenvalue weighted by Crippen LogP contribution is 2.14. The van der Waals surface area contributed by atoms with Gasteiger partial charge in [0.2, 0.25) is 0 Å². The Hall–Kier alpha value is -0.200. The molecule has 0 aromatic heterocycles. The lowest BCUT2D eigenvalue weighted by atomic mass is 10.0. The zero-order chi connectivity index (χ0) is 22.8. The van der Waals surface area contributed by atoms with Crippen molar-refractivity contribution in [3.05, 3.63) is 0 Å². The average molecular weight is 445 g/mol. The van der Waals surface area contributed by atoms with Gasteiger partial charge in [0.05, 0.1) is 19.8 Å². The molecule has 0 bridgehead atoms. The van der Waals surface area contributed by atoms with Gasteiger partial charge in [0.15, 0.2) is 0 Å². The minimum absolute atomic E-state index is 0.117. The third-order valence-corrected chi connectivity index (χ3v) is 6.26. The molecule has 5 heteroatoms. The zero-order valence-corrected chi connectivity index (χ0v) is 20.8. The first-order valence-electron chi connectivity index (χ1n) is 13.6. The molecule has 0 amide bonds. The van der Waals surface area contributed by atoms with Crippen LogP contribution in [0.3, 0.4) is 0 Å². The first-order valence-corrected chi connectivity index (χ1v) is 13.6. The van der Waals surface area contributed by atoms with E-state index in [-0.39, 0.29) is 19.8 Å². The van der Waals surface area contributed by atoms with E-state index in [1.807, 2.05) is 0 Å². The van der Waals surface area contributed by atoms with Gasteiger partial charge < -0.3 is 20.6 Å². The van der Waals surface area contributed by atoms with Crippen molar-refractivity contribution in [3.8, 4) is 0 Å². The van der Waals surface area contributed by atoms with Crippen LogP contribution >= 0.6 is 0 Å². The Kier molecular flexibility index (Phi) is 25.9. The van der Waals surface area contributed by atoms with Gasteiger partial charge in [-0.2, -0.15) is 0 Å². The van der Waals surface area contributed by atoms with Gasteiger partial charge in [0.25, 0.3) is 0 Å². The Morgan fingerprint density at radius 3 is 1.39 bits per heavy atom. The predicted molar refractivity (Wildman–Crippen MR) is 134 cm³/mol. The lowest BCUT2D eigenvalue weighted by Crippen LogP contribution is -2.44. The summed E-state index contributed by atoms with van der Waals surface area (Å²) in [6.07, 6.45) is 23.2. The fourth-order valence-electron chi connectivity index (χ4n) is 4.35. The van der Waals surface area contributed by atoms with E-state index in [0.717, 1.165) is 13.0 Å². The fraction of sp³-hybridized carbons (Fsp3) is 1.00. The highest BCUT2D eigenvalue weighted by atomic mass is 16.3. The minimum Gasteiger partial charge on any atom is -0.395 e. The van der Waals surface area contributed by atoms with Crippen molar-refractivity contribution in [1.82, 2.24) is 10.2 Å². The lowest BCUT2D eigenvalue weighted by Gasteiger charge is -2.27. The molecule has 188 valence electrons. The molecule has 1 atom stereocenters. The van der Waals surface area contributed by atoms with E-state index >= 15 is 0 Å². The van der Waals surface area contributed by atoms with Crippen molar-refractivity contribution in [2.45, 2.75) is 122 Å². The summed E-state index contributed by atoms with van der Waals surface area (Å²) in [5.41, 5.74) is 0. The van der Waals surface area contributed by atoms with Gasteiger partial charge in [-0.15, -0.1) is 0 Å². The Morgan fingerprint density at radius 2 is 1.00 bits per heavy atom. The maximum atomic E-state index is 9.19. The third kappa shape index (κ3) is 22.8. The smallest absolute Gasteiger partial charge is 0.0558 e. The molecule has 0 aliphatic heterocycles. The molecule has 0 heterocycles. The number of aliphatic hydroxyl groups is 3. The molecule has 0 saturated heterocycles. The van der Waals surface area contributed by atoms with E-state index in [4.69, 9.17) is 5.11 Å². The molecule has 0 aliphatic carbocycles. The SMILES string of the molecule is CCCCCCCCCCCCCCCCCCC(CN(CCO)CCO)NCCO. The molecule has 0 aromatic carbocycles. The number of rotatable bonds is 26. The molecule has 1 unspecified atom stereocenters. The van der Waals surface area contributed by atoms with Gasteiger partial charge in [-0.1, -0.05) is 110 Å². The Labute approximate surface area is 194 Å². The van der Waals surface area contributed by atoms with Crippen LogP contribution in [0.15, 0.2) is 0 Å². The zero-order valence-electron chi connectivity index (χ0n) is 20.8. The van der Waals surface area contributed by atoms with E-state index in [2.05, 4.69) is 17.1 Å². The van der Waals surface area contributed by atoms with Crippen LogP contribution in [-0.4, -0.2) is 72.3 Å². The molecule has 0 saturated carbocycles. The number of nitrogens with zero attached hydrogens (tertiary/aromatic N) is 1. The molecule has 0 fully saturated rings. The predicted octanol–water partition coefficient (Wildman–Crippen LogP) is 4.88. The molecule has 4 N–H and O–H groups in total. The summed E-state index contributed by atoms with van der Waals surface area (Å²) in [5, 5.41) is 30.9. The maximum Gasteiger partial charge on any atom is 0.0558 e. The highest BCUT2D eigenvalue weighted by molar-refractivity contribution is 4.72. The lowest BCUT2D eigenvalue weighted by molar-refractivity contribution is 0.146. The average Bonchev–Trinajstić information content (AvgIpc) is 2.77. The molecular formula is C26H56N2O3. The molecular weight excluding hydrogens is 388 g/mol. The summed E-state index contributed by atoms with van der Waals surface area (Å²) in [5.74, 6) is 0. The van der Waals surface area contributed by atoms with Crippen LogP contribution in [0.4, 0.5) is 0 Å². The number of nitrogens with one attached hydrogen (secondary N) is 1. The summed E-state index contributed by atoms with van der Waals surface area (Å²) >= 11 is 0. The number of hydrogen-bond donors (Lipinski definition) is 4. The standard InChI is InChI=1S/C26H56N2O3/c1-2-3-4-5-6-7-8-9-10-11-12-13-14-15-16-17-18-26(27-19-22-29)25-28(20-23-30)21-24-31/h26-27,29-31H,2-25H2,1H3. The molecule has 0 radical (unpaired) electrons. The fourth-order valence-corrected chi connectivity index (χ4v) is 4.35. The van der Waals surface area contributed by atoms with E-state index in [1.54, 1.807) is 0 Å². The summed E-state index contributed by atoms with van der Waals surface area (Å²) in [6, 6.07) is 0.317. The van der Waals surface area contributed by atoms with Crippen molar-refractivity contribution >= 4 is 0 Å². The Balaban J connectivity index is 3.57. The van der Waals surface area contributed by atoms with Crippen molar-refractivity contribution in [3.63, 3.8) is 0 Å². The van der Waals surface area contributed by atoms with Crippen molar-refractivity contribution in [2.75, 3.05) is 46.0 Å². The van der Waals surface area contributed by atoms with Gasteiger partial charge in [-0.25, -0.2) is 0 Å². The molecule has 0 aromatic rings. The van der Waals surface area contributed by atoms with Gasteiger partial charge in [0, 0.05) is 32.2 Å². The summed E-state index contributed by atoms with van der Waals surface area (Å²) in [7, 11) is 0. The van der Waals surface area contributed by atoms with Crippen molar-refractivity contribution < 1.29 is 15.3 Å². The second-order valence-corrected chi connectivity index (χ2v) is 9.21. The molecule has 0 aliphatic rings. The molecule has 0 spiro atoms. The topological polar surface area (TPSA) is 76.0 Å². The summed E-state index contributed by atoms with van der Waals surface area (Å²) in [4.78, 5) is 2.10. The number of aliphatic hydroxyl groups excluding tert-OH is 3. The Bertz CT molecular complexity index is 326. The van der Waals surface area contributed by atoms with Crippen LogP contribution in [0.1, 0.15) is 116 Å². The van der Waals surface area contributed by atoms with Crippen LogP contribution in [0, 0.1) is 0 Å². The van der Waals surface area contributed by atoms with Crippen molar-refractivity contribution in [2.24, 2.45) is 0 Å². The van der Waals surface area contributed by atoms with E-state index in [9.17, 15) is 10.2 Å². The van der Waals surface area contributed by atoms with Gasteiger partial charge in [0.1, 0.15) is 0 Å². The second-order valence-electron chi connectivity index (χ2n) is 9.21. The van der Waals surface area contributed by atoms with Gasteiger partial charge in [-0.05, 0) is 6.42 Å². The third-order valence-electron chi connectivity index (χ3n) is 6.26. The van der Waals surface area contributed by atoms with E-state index in [1.165, 1.54) is 103 Å². The normalized spacial score (nSPS) is 12.7. The molecule has 0 rings (SSSR count). The van der Waals surface area contributed by atoms with E-state index < -0.39 is 0 Å². The van der Waals surface area contributed by atoms with Gasteiger partial charge >= 0.3 is 0 Å². The van der Waals surface area contributed by atoms with Crippen LogP contribution in [0.5, 0.6) is 0 Å². The van der Waals surface area contributed by atoms with Crippen LogP contribution < -0.4 is 5.32 Å². The first-order chi connectivity index (χ1) is 15.3. The van der Waals surface area contributed by atoms with Crippen LogP contribution in [0.2, 0.25) is 0 Å². The largest absolute Gasteiger partial charge is 0.395 e. The number of hydrogen-bond acceptors (Lipinski definition) is 5. The van der Waals surface area contributed by atoms with Crippen molar-refractivity contribution in [1.29, 1.82) is 0 Å². The highest BCUT2D eigenvalue weighted by Gasteiger charge is 2.13. The summed E-state index contributed by atoms with van der Waals surface area (Å²) in [6.45, 7) is 5.28. The van der Waals surface area contributed by atoms with Gasteiger partial charge in [-0.3, -0.25) is 4.90 Å². The molecule has 31 heavy (non-hydrogen) atoms. The maximum absolute atomic E-state index is 9.19. The summed E-state index contributed by atoms with van der Waals surface area (Å²) < 4.78 is 0. The molecule has 5 nitrogen and oxygen atoms in total.